The molecule has 144 valence electrons. The molecule has 4 nitrogen and oxygen atoms in total. The maximum absolute atomic E-state index is 12.2. The molecular weight excluding hydrogens is 346 g/mol. The number of carbonyl (C=O) groups is 1. The van der Waals surface area contributed by atoms with E-state index in [0.717, 1.165) is 28.8 Å². The van der Waals surface area contributed by atoms with Crippen LogP contribution in [0, 0.1) is 11.8 Å². The quantitative estimate of drug-likeness (QED) is 0.735. The van der Waals surface area contributed by atoms with Gasteiger partial charge in [0, 0.05) is 41.9 Å². The SMILES string of the molecule is O=C1Nc2ccccc2C1=CNc1ccc(N2CCC3CCCCC3C2)cc1. The first-order valence-corrected chi connectivity index (χ1v) is 10.5. The molecule has 2 aliphatic heterocycles. The number of benzene rings is 2. The van der Waals surface area contributed by atoms with Crippen LogP contribution in [0.5, 0.6) is 0 Å². The van der Waals surface area contributed by atoms with Crippen LogP contribution >= 0.6 is 0 Å². The summed E-state index contributed by atoms with van der Waals surface area (Å²) in [4.78, 5) is 14.8. The Bertz CT molecular complexity index is 902. The van der Waals surface area contributed by atoms with Crippen molar-refractivity contribution in [3.05, 3.63) is 60.3 Å². The third kappa shape index (κ3) is 3.28. The van der Waals surface area contributed by atoms with E-state index in [0.29, 0.717) is 5.57 Å². The van der Waals surface area contributed by atoms with Crippen molar-refractivity contribution in [1.29, 1.82) is 0 Å². The van der Waals surface area contributed by atoms with E-state index in [1.165, 1.54) is 50.9 Å². The number of anilines is 3. The Morgan fingerprint density at radius 2 is 1.75 bits per heavy atom. The molecule has 1 amide bonds. The Hall–Kier alpha value is -2.75. The number of rotatable bonds is 3. The molecule has 0 bridgehead atoms. The Kier molecular flexibility index (Phi) is 4.55. The lowest BCUT2D eigenvalue weighted by molar-refractivity contribution is -0.110. The van der Waals surface area contributed by atoms with E-state index >= 15 is 0 Å². The summed E-state index contributed by atoms with van der Waals surface area (Å²) in [6.45, 7) is 2.38. The van der Waals surface area contributed by atoms with E-state index in [9.17, 15) is 4.79 Å². The van der Waals surface area contributed by atoms with Crippen molar-refractivity contribution in [2.45, 2.75) is 32.1 Å². The Morgan fingerprint density at radius 3 is 2.61 bits per heavy atom. The van der Waals surface area contributed by atoms with Gasteiger partial charge in [-0.25, -0.2) is 0 Å². The molecule has 2 aromatic rings. The summed E-state index contributed by atoms with van der Waals surface area (Å²) in [7, 11) is 0. The number of amides is 1. The van der Waals surface area contributed by atoms with E-state index in [-0.39, 0.29) is 5.91 Å². The number of piperidine rings is 1. The van der Waals surface area contributed by atoms with Gasteiger partial charge in [-0.2, -0.15) is 0 Å². The second kappa shape index (κ2) is 7.34. The van der Waals surface area contributed by atoms with E-state index in [1.54, 1.807) is 0 Å². The molecule has 4 heteroatoms. The zero-order valence-electron chi connectivity index (χ0n) is 16.2. The average Bonchev–Trinajstić information content (AvgIpc) is 3.07. The molecule has 5 rings (SSSR count). The highest BCUT2D eigenvalue weighted by atomic mass is 16.2. The predicted octanol–water partition coefficient (Wildman–Crippen LogP) is 5.11. The van der Waals surface area contributed by atoms with E-state index in [1.807, 2.05) is 30.5 Å². The van der Waals surface area contributed by atoms with Crippen LogP contribution in [0.25, 0.3) is 5.57 Å². The number of hydrogen-bond acceptors (Lipinski definition) is 3. The number of nitrogens with zero attached hydrogens (tertiary/aromatic N) is 1. The molecular formula is C24H27N3O. The monoisotopic (exact) mass is 373 g/mol. The standard InChI is InChI=1S/C24H27N3O/c28-24-22(21-7-3-4-8-23(21)26-24)15-25-19-9-11-20(12-10-19)27-14-13-17-5-1-2-6-18(17)16-27/h3-4,7-12,15,17-18,25H,1-2,5-6,13-14,16H2,(H,26,28). The number of nitrogens with one attached hydrogen (secondary N) is 2. The van der Waals surface area contributed by atoms with Gasteiger partial charge < -0.3 is 15.5 Å². The minimum absolute atomic E-state index is 0.0549. The molecule has 28 heavy (non-hydrogen) atoms. The van der Waals surface area contributed by atoms with E-state index < -0.39 is 0 Å². The molecule has 3 aliphatic rings. The van der Waals surface area contributed by atoms with Crippen molar-refractivity contribution in [2.24, 2.45) is 11.8 Å². The van der Waals surface area contributed by atoms with Crippen LogP contribution in [0.15, 0.2) is 54.7 Å². The summed E-state index contributed by atoms with van der Waals surface area (Å²) >= 11 is 0. The third-order valence-corrected chi connectivity index (χ3v) is 6.62. The van der Waals surface area contributed by atoms with Crippen LogP contribution in [0.1, 0.15) is 37.7 Å². The molecule has 2 unspecified atom stereocenters. The fourth-order valence-corrected chi connectivity index (χ4v) is 5.04. The van der Waals surface area contributed by atoms with Crippen LogP contribution in [0.2, 0.25) is 0 Å². The fourth-order valence-electron chi connectivity index (χ4n) is 5.04. The van der Waals surface area contributed by atoms with Crippen molar-refractivity contribution in [2.75, 3.05) is 28.6 Å². The maximum atomic E-state index is 12.2. The van der Waals surface area contributed by atoms with Gasteiger partial charge in [0.2, 0.25) is 0 Å². The summed E-state index contributed by atoms with van der Waals surface area (Å²) < 4.78 is 0. The number of carbonyl (C=O) groups excluding carboxylic acids is 1. The normalized spacial score (nSPS) is 25.2. The zero-order valence-corrected chi connectivity index (χ0v) is 16.2. The van der Waals surface area contributed by atoms with Gasteiger partial charge in [0.05, 0.1) is 5.57 Å². The van der Waals surface area contributed by atoms with Crippen LogP contribution in [-0.2, 0) is 4.79 Å². The van der Waals surface area contributed by atoms with Crippen LogP contribution in [0.4, 0.5) is 17.1 Å². The molecule has 0 spiro atoms. The van der Waals surface area contributed by atoms with Crippen LogP contribution in [-0.4, -0.2) is 19.0 Å². The topological polar surface area (TPSA) is 44.4 Å². The largest absolute Gasteiger partial charge is 0.371 e. The first-order chi connectivity index (χ1) is 13.8. The van der Waals surface area contributed by atoms with Crippen molar-refractivity contribution in [3.63, 3.8) is 0 Å². The molecule has 0 aromatic heterocycles. The maximum Gasteiger partial charge on any atom is 0.257 e. The molecule has 2 N–H and O–H groups in total. The zero-order chi connectivity index (χ0) is 18.9. The number of hydrogen-bond donors (Lipinski definition) is 2. The Morgan fingerprint density at radius 1 is 0.964 bits per heavy atom. The van der Waals surface area contributed by atoms with Crippen LogP contribution in [0.3, 0.4) is 0 Å². The minimum atomic E-state index is -0.0549. The fraction of sp³-hybridized carbons (Fsp3) is 0.375. The Labute approximate surface area is 166 Å². The van der Waals surface area contributed by atoms with Crippen molar-refractivity contribution in [3.8, 4) is 0 Å². The van der Waals surface area contributed by atoms with E-state index in [4.69, 9.17) is 0 Å². The van der Waals surface area contributed by atoms with Crippen molar-refractivity contribution in [1.82, 2.24) is 0 Å². The van der Waals surface area contributed by atoms with Gasteiger partial charge in [0.1, 0.15) is 0 Å². The molecule has 2 atom stereocenters. The lowest BCUT2D eigenvalue weighted by Gasteiger charge is -2.42. The van der Waals surface area contributed by atoms with Crippen molar-refractivity contribution >= 4 is 28.5 Å². The van der Waals surface area contributed by atoms with Gasteiger partial charge in [-0.05, 0) is 55.0 Å². The van der Waals surface area contributed by atoms with Gasteiger partial charge >= 0.3 is 0 Å². The molecule has 2 fully saturated rings. The molecule has 1 saturated heterocycles. The summed E-state index contributed by atoms with van der Waals surface area (Å²) in [6.07, 6.45) is 8.82. The van der Waals surface area contributed by atoms with Gasteiger partial charge in [0.25, 0.3) is 5.91 Å². The third-order valence-electron chi connectivity index (χ3n) is 6.62. The summed E-state index contributed by atoms with van der Waals surface area (Å²) in [6, 6.07) is 16.4. The predicted molar refractivity (Wildman–Crippen MR) is 115 cm³/mol. The first kappa shape index (κ1) is 17.4. The highest BCUT2D eigenvalue weighted by Crippen LogP contribution is 2.37. The Balaban J connectivity index is 1.27. The smallest absolute Gasteiger partial charge is 0.257 e. The molecule has 0 radical (unpaired) electrons. The molecule has 1 saturated carbocycles. The van der Waals surface area contributed by atoms with E-state index in [2.05, 4.69) is 39.8 Å². The molecule has 1 aliphatic carbocycles. The van der Waals surface area contributed by atoms with Crippen molar-refractivity contribution < 1.29 is 4.79 Å². The van der Waals surface area contributed by atoms with Gasteiger partial charge in [0.15, 0.2) is 0 Å². The lowest BCUT2D eigenvalue weighted by Crippen LogP contribution is -2.41. The summed E-state index contributed by atoms with van der Waals surface area (Å²) in [5.74, 6) is 1.78. The summed E-state index contributed by atoms with van der Waals surface area (Å²) in [5.41, 5.74) is 4.82. The molecule has 2 aromatic carbocycles. The van der Waals surface area contributed by atoms with Gasteiger partial charge in [-0.1, -0.05) is 37.5 Å². The first-order valence-electron chi connectivity index (χ1n) is 10.5. The number of fused-ring (bicyclic) bond motifs is 2. The lowest BCUT2D eigenvalue weighted by atomic mass is 9.75. The average molecular weight is 374 g/mol. The van der Waals surface area contributed by atoms with Gasteiger partial charge in [-0.15, -0.1) is 0 Å². The minimum Gasteiger partial charge on any atom is -0.371 e. The molecule has 2 heterocycles. The van der Waals surface area contributed by atoms with Crippen LogP contribution < -0.4 is 15.5 Å². The highest BCUT2D eigenvalue weighted by Gasteiger charge is 2.31. The second-order valence-electron chi connectivity index (χ2n) is 8.29. The number of para-hydroxylation sites is 1. The second-order valence-corrected chi connectivity index (χ2v) is 8.29. The summed E-state index contributed by atoms with van der Waals surface area (Å²) in [5, 5.41) is 6.20. The highest BCUT2D eigenvalue weighted by molar-refractivity contribution is 6.31. The van der Waals surface area contributed by atoms with Gasteiger partial charge in [-0.3, -0.25) is 4.79 Å².